The summed E-state index contributed by atoms with van der Waals surface area (Å²) >= 11 is 1.58. The van der Waals surface area contributed by atoms with Crippen molar-refractivity contribution in [3.05, 3.63) is 88.4 Å². The van der Waals surface area contributed by atoms with Crippen LogP contribution >= 0.6 is 11.3 Å². The van der Waals surface area contributed by atoms with Gasteiger partial charge in [-0.05, 0) is 54.8 Å². The molecule has 0 saturated heterocycles. The third-order valence-corrected chi connectivity index (χ3v) is 7.42. The number of nitrogens with zero attached hydrogens (tertiary/aromatic N) is 3. The van der Waals surface area contributed by atoms with Crippen LogP contribution in [-0.4, -0.2) is 31.1 Å². The average Bonchev–Trinajstić information content (AvgIpc) is 3.47. The van der Waals surface area contributed by atoms with Gasteiger partial charge in [0.1, 0.15) is 0 Å². The molecule has 0 fully saturated rings. The van der Waals surface area contributed by atoms with Gasteiger partial charge in [0.15, 0.2) is 0 Å². The highest BCUT2D eigenvalue weighted by Crippen LogP contribution is 2.23. The largest absolute Gasteiger partial charge is 0.407 e. The monoisotopic (exact) mass is 468 g/mol. The van der Waals surface area contributed by atoms with E-state index in [0.29, 0.717) is 18.0 Å². The zero-order valence-electron chi connectivity index (χ0n) is 17.1. The van der Waals surface area contributed by atoms with Gasteiger partial charge in [-0.2, -0.15) is 0 Å². The molecule has 0 aliphatic rings. The molecule has 0 unspecified atom stereocenters. The Morgan fingerprint density at radius 1 is 1.03 bits per heavy atom. The fourth-order valence-corrected chi connectivity index (χ4v) is 5.27. The molecule has 0 aliphatic heterocycles. The van der Waals surface area contributed by atoms with Gasteiger partial charge in [-0.3, -0.25) is 14.4 Å². The lowest BCUT2D eigenvalue weighted by Gasteiger charge is -2.22. The highest BCUT2D eigenvalue weighted by molar-refractivity contribution is 7.92. The molecular formula is C22H20N4O4S2. The summed E-state index contributed by atoms with van der Waals surface area (Å²) < 4.78 is 32.9. The van der Waals surface area contributed by atoms with Crippen LogP contribution in [-0.2, 0) is 16.4 Å². The molecule has 164 valence electrons. The molecule has 32 heavy (non-hydrogen) atoms. The van der Waals surface area contributed by atoms with Crippen molar-refractivity contribution in [1.29, 1.82) is 0 Å². The summed E-state index contributed by atoms with van der Waals surface area (Å²) in [5.41, 5.74) is 0.844. The highest BCUT2D eigenvalue weighted by atomic mass is 32.2. The van der Waals surface area contributed by atoms with E-state index >= 15 is 0 Å². The molecule has 4 rings (SSSR count). The predicted octanol–water partition coefficient (Wildman–Crippen LogP) is 4.19. The quantitative estimate of drug-likeness (QED) is 0.416. The summed E-state index contributed by atoms with van der Waals surface area (Å²) in [7, 11) is -3.77. The summed E-state index contributed by atoms with van der Waals surface area (Å²) in [6, 6.07) is 18.5. The molecule has 8 nitrogen and oxygen atoms in total. The van der Waals surface area contributed by atoms with Crippen LogP contribution in [0.1, 0.15) is 28.0 Å². The second-order valence-electron chi connectivity index (χ2n) is 6.74. The number of para-hydroxylation sites is 1. The number of thiophene rings is 1. The number of hydrogen-bond donors (Lipinski definition) is 1. The molecule has 2 aromatic heterocycles. The lowest BCUT2D eigenvalue weighted by atomic mass is 10.2. The predicted molar refractivity (Wildman–Crippen MR) is 122 cm³/mol. The van der Waals surface area contributed by atoms with Gasteiger partial charge in [0.2, 0.25) is 5.89 Å². The molecule has 1 amide bonds. The maximum Gasteiger partial charge on any atom is 0.322 e. The lowest BCUT2D eigenvalue weighted by Crippen LogP contribution is -2.30. The average molecular weight is 469 g/mol. The van der Waals surface area contributed by atoms with E-state index in [1.54, 1.807) is 42.5 Å². The number of carbonyl (C=O) groups excluding carboxylic acids is 1. The van der Waals surface area contributed by atoms with E-state index in [-0.39, 0.29) is 23.0 Å². The van der Waals surface area contributed by atoms with Crippen LogP contribution in [0.5, 0.6) is 0 Å². The van der Waals surface area contributed by atoms with Crippen LogP contribution in [0.25, 0.3) is 0 Å². The molecule has 4 aromatic rings. The Balaban J connectivity index is 1.46. The van der Waals surface area contributed by atoms with Gasteiger partial charge in [-0.1, -0.05) is 29.4 Å². The Morgan fingerprint density at radius 2 is 1.78 bits per heavy atom. The van der Waals surface area contributed by atoms with Gasteiger partial charge in [-0.25, -0.2) is 8.42 Å². The number of hydrogen-bond acceptors (Lipinski definition) is 7. The third kappa shape index (κ3) is 4.71. The summed E-state index contributed by atoms with van der Waals surface area (Å²) in [4.78, 5) is 13.7. The molecule has 0 bridgehead atoms. The van der Waals surface area contributed by atoms with Crippen LogP contribution in [0.3, 0.4) is 0 Å². The van der Waals surface area contributed by atoms with E-state index in [1.807, 2.05) is 23.6 Å². The van der Waals surface area contributed by atoms with Crippen LogP contribution in [0.4, 0.5) is 11.7 Å². The minimum absolute atomic E-state index is 0.0144. The van der Waals surface area contributed by atoms with Crippen molar-refractivity contribution < 1.29 is 17.6 Å². The molecule has 0 saturated carbocycles. The smallest absolute Gasteiger partial charge is 0.322 e. The Hall–Kier alpha value is -3.50. The topological polar surface area (TPSA) is 105 Å². The first-order valence-electron chi connectivity index (χ1n) is 9.81. The Morgan fingerprint density at radius 3 is 2.44 bits per heavy atom. The summed E-state index contributed by atoms with van der Waals surface area (Å²) in [5.74, 6) is -0.0829. The van der Waals surface area contributed by atoms with Gasteiger partial charge in [0.25, 0.3) is 15.9 Å². The maximum absolute atomic E-state index is 13.1. The Bertz CT molecular complexity index is 1290. The Labute approximate surface area is 189 Å². The zero-order valence-corrected chi connectivity index (χ0v) is 18.8. The third-order valence-electron chi connectivity index (χ3n) is 4.63. The fourth-order valence-electron chi connectivity index (χ4n) is 3.10. The molecule has 10 heteroatoms. The van der Waals surface area contributed by atoms with Crippen LogP contribution in [0.15, 0.2) is 81.4 Å². The first-order valence-corrected chi connectivity index (χ1v) is 12.1. The van der Waals surface area contributed by atoms with Crippen molar-refractivity contribution in [3.8, 4) is 0 Å². The van der Waals surface area contributed by atoms with E-state index in [4.69, 9.17) is 4.42 Å². The van der Waals surface area contributed by atoms with Crippen molar-refractivity contribution in [2.45, 2.75) is 18.2 Å². The highest BCUT2D eigenvalue weighted by Gasteiger charge is 2.24. The Kier molecular flexibility index (Phi) is 6.33. The summed E-state index contributed by atoms with van der Waals surface area (Å²) in [5, 5.41) is 12.3. The van der Waals surface area contributed by atoms with Crippen LogP contribution in [0.2, 0.25) is 0 Å². The molecule has 2 heterocycles. The van der Waals surface area contributed by atoms with E-state index < -0.39 is 15.9 Å². The minimum Gasteiger partial charge on any atom is -0.407 e. The molecule has 0 atom stereocenters. The molecule has 0 spiro atoms. The van der Waals surface area contributed by atoms with Gasteiger partial charge < -0.3 is 4.42 Å². The van der Waals surface area contributed by atoms with E-state index in [1.165, 1.54) is 28.6 Å². The van der Waals surface area contributed by atoms with Crippen molar-refractivity contribution in [2.75, 3.05) is 16.2 Å². The van der Waals surface area contributed by atoms with Gasteiger partial charge in [0.05, 0.1) is 17.0 Å². The van der Waals surface area contributed by atoms with Gasteiger partial charge in [0, 0.05) is 17.0 Å². The number of rotatable bonds is 8. The molecule has 0 radical (unpaired) electrons. The van der Waals surface area contributed by atoms with Gasteiger partial charge >= 0.3 is 6.01 Å². The molecule has 1 N–H and O–H groups in total. The number of nitrogens with one attached hydrogen (secondary N) is 1. The SMILES string of the molecule is CCN(c1ccccc1)S(=O)(=O)c1ccc(C(=O)Nc2nnc(Cc3cccs3)o2)cc1. The fraction of sp³-hybridized carbons (Fsp3) is 0.136. The second kappa shape index (κ2) is 9.33. The van der Waals surface area contributed by atoms with Crippen molar-refractivity contribution in [1.82, 2.24) is 10.2 Å². The number of carbonyl (C=O) groups is 1. The number of amides is 1. The summed E-state index contributed by atoms with van der Waals surface area (Å²) in [6.45, 7) is 2.04. The van der Waals surface area contributed by atoms with Gasteiger partial charge in [-0.15, -0.1) is 16.4 Å². The first kappa shape index (κ1) is 21.7. The number of anilines is 2. The number of sulfonamides is 1. The first-order chi connectivity index (χ1) is 15.5. The zero-order chi connectivity index (χ0) is 22.6. The van der Waals surface area contributed by atoms with Crippen molar-refractivity contribution in [3.63, 3.8) is 0 Å². The van der Waals surface area contributed by atoms with E-state index in [0.717, 1.165) is 4.88 Å². The standard InChI is InChI=1S/C22H20N4O4S2/c1-2-26(17-7-4-3-5-8-17)32(28,29)19-12-10-16(11-13-19)21(27)23-22-25-24-20(30-22)15-18-9-6-14-31-18/h3-14H,2,15H2,1H3,(H,23,25,27). The maximum atomic E-state index is 13.1. The molecule has 2 aromatic carbocycles. The number of benzene rings is 2. The second-order valence-corrected chi connectivity index (χ2v) is 9.64. The lowest BCUT2D eigenvalue weighted by molar-refractivity contribution is 0.102. The molecular weight excluding hydrogens is 448 g/mol. The van der Waals surface area contributed by atoms with E-state index in [2.05, 4.69) is 15.5 Å². The van der Waals surface area contributed by atoms with Crippen LogP contribution < -0.4 is 9.62 Å². The molecule has 0 aliphatic carbocycles. The normalized spacial score (nSPS) is 11.3. The van der Waals surface area contributed by atoms with E-state index in [9.17, 15) is 13.2 Å². The van der Waals surface area contributed by atoms with Crippen molar-refractivity contribution in [2.24, 2.45) is 0 Å². The minimum atomic E-state index is -3.77. The number of aromatic nitrogens is 2. The van der Waals surface area contributed by atoms with Crippen molar-refractivity contribution >= 4 is 39.0 Å². The van der Waals surface area contributed by atoms with Crippen LogP contribution in [0, 0.1) is 0 Å². The summed E-state index contributed by atoms with van der Waals surface area (Å²) in [6.07, 6.45) is 0.489.